The summed E-state index contributed by atoms with van der Waals surface area (Å²) in [5, 5.41) is 8.81. The molecule has 0 fully saturated rings. The van der Waals surface area contributed by atoms with Crippen molar-refractivity contribution in [1.82, 2.24) is 4.31 Å². The number of rotatable bonds is 6. The Kier molecular flexibility index (Phi) is 4.88. The third-order valence-corrected chi connectivity index (χ3v) is 5.68. The van der Waals surface area contributed by atoms with E-state index in [-0.39, 0.29) is 17.4 Å². The number of nitrogens with zero attached hydrogens (tertiary/aromatic N) is 1. The Labute approximate surface area is 99.6 Å². The number of hydrogen-bond acceptors (Lipinski definition) is 5. The summed E-state index contributed by atoms with van der Waals surface area (Å²) in [4.78, 5) is 0.832. The van der Waals surface area contributed by atoms with Crippen molar-refractivity contribution in [3.63, 3.8) is 0 Å². The van der Waals surface area contributed by atoms with Gasteiger partial charge in [-0.15, -0.1) is 11.3 Å². The molecule has 3 N–H and O–H groups in total. The first-order valence-corrected chi connectivity index (χ1v) is 7.21. The molecule has 92 valence electrons. The lowest BCUT2D eigenvalue weighted by atomic mass is 10.5. The van der Waals surface area contributed by atoms with Crippen LogP contribution in [0.15, 0.2) is 16.3 Å². The van der Waals surface area contributed by atoms with E-state index < -0.39 is 10.0 Å². The highest BCUT2D eigenvalue weighted by molar-refractivity contribution is 7.91. The van der Waals surface area contributed by atoms with Crippen molar-refractivity contribution in [1.29, 1.82) is 0 Å². The first-order valence-electron chi connectivity index (χ1n) is 4.96. The predicted octanol–water partition coefficient (Wildman–Crippen LogP) is 0.210. The molecular weight excluding hydrogens is 248 g/mol. The van der Waals surface area contributed by atoms with Gasteiger partial charge < -0.3 is 10.8 Å². The second-order valence-electron chi connectivity index (χ2n) is 3.15. The number of aliphatic hydroxyl groups is 1. The lowest BCUT2D eigenvalue weighted by molar-refractivity contribution is 0.257. The van der Waals surface area contributed by atoms with E-state index in [1.165, 1.54) is 15.6 Å². The summed E-state index contributed by atoms with van der Waals surface area (Å²) in [5.41, 5.74) is 5.44. The Morgan fingerprint density at radius 1 is 1.50 bits per heavy atom. The fraction of sp³-hybridized carbons (Fsp3) is 0.556. The van der Waals surface area contributed by atoms with Crippen molar-refractivity contribution < 1.29 is 13.5 Å². The number of nitrogens with two attached hydrogens (primary N) is 1. The standard InChI is InChI=1S/C9H16N2O3S2/c1-2-11(5-6-12)16(13,14)9-4-3-8(7-10)15-9/h3-4,12H,2,5-7,10H2,1H3. The second-order valence-corrected chi connectivity index (χ2v) is 6.48. The van der Waals surface area contributed by atoms with E-state index in [9.17, 15) is 8.42 Å². The molecule has 0 spiro atoms. The van der Waals surface area contributed by atoms with Gasteiger partial charge in [0.2, 0.25) is 0 Å². The maximum atomic E-state index is 12.1. The van der Waals surface area contributed by atoms with E-state index in [1.54, 1.807) is 19.1 Å². The lowest BCUT2D eigenvalue weighted by Gasteiger charge is -2.17. The average molecular weight is 264 g/mol. The number of sulfonamides is 1. The zero-order valence-corrected chi connectivity index (χ0v) is 10.7. The molecule has 1 aromatic heterocycles. The van der Waals surface area contributed by atoms with Gasteiger partial charge in [0, 0.05) is 24.5 Å². The van der Waals surface area contributed by atoms with Crippen LogP contribution >= 0.6 is 11.3 Å². The van der Waals surface area contributed by atoms with Crippen LogP contribution in [0.1, 0.15) is 11.8 Å². The largest absolute Gasteiger partial charge is 0.395 e. The van der Waals surface area contributed by atoms with Gasteiger partial charge in [-0.05, 0) is 12.1 Å². The monoisotopic (exact) mass is 264 g/mol. The normalized spacial score (nSPS) is 12.2. The first kappa shape index (κ1) is 13.6. The molecule has 0 amide bonds. The van der Waals surface area contributed by atoms with Crippen molar-refractivity contribution in [3.8, 4) is 0 Å². The third kappa shape index (κ3) is 2.80. The summed E-state index contributed by atoms with van der Waals surface area (Å²) in [6, 6.07) is 3.27. The fourth-order valence-corrected chi connectivity index (χ4v) is 4.12. The van der Waals surface area contributed by atoms with Crippen molar-refractivity contribution in [2.45, 2.75) is 17.7 Å². The van der Waals surface area contributed by atoms with E-state index in [0.717, 1.165) is 4.88 Å². The van der Waals surface area contributed by atoms with Crippen LogP contribution in [0.3, 0.4) is 0 Å². The van der Waals surface area contributed by atoms with Crippen molar-refractivity contribution in [2.75, 3.05) is 19.7 Å². The zero-order chi connectivity index (χ0) is 12.2. The van der Waals surface area contributed by atoms with E-state index in [4.69, 9.17) is 10.8 Å². The second kappa shape index (κ2) is 5.74. The van der Waals surface area contributed by atoms with Crippen LogP contribution < -0.4 is 5.73 Å². The molecule has 0 aromatic carbocycles. The average Bonchev–Trinajstić information content (AvgIpc) is 2.74. The molecule has 0 saturated heterocycles. The molecule has 0 unspecified atom stereocenters. The molecular formula is C9H16N2O3S2. The fourth-order valence-electron chi connectivity index (χ4n) is 1.29. The minimum atomic E-state index is -3.47. The minimum absolute atomic E-state index is 0.120. The van der Waals surface area contributed by atoms with Crippen LogP contribution in [0.5, 0.6) is 0 Å². The molecule has 16 heavy (non-hydrogen) atoms. The molecule has 0 radical (unpaired) electrons. The van der Waals surface area contributed by atoms with Crippen molar-refractivity contribution in [2.24, 2.45) is 5.73 Å². The maximum absolute atomic E-state index is 12.1. The minimum Gasteiger partial charge on any atom is -0.395 e. The van der Waals surface area contributed by atoms with Gasteiger partial charge in [0.05, 0.1) is 6.61 Å². The van der Waals surface area contributed by atoms with Gasteiger partial charge in [-0.3, -0.25) is 0 Å². The number of likely N-dealkylation sites (N-methyl/N-ethyl adjacent to an activating group) is 1. The number of aliphatic hydroxyl groups excluding tert-OH is 1. The van der Waals surface area contributed by atoms with Gasteiger partial charge in [-0.1, -0.05) is 6.92 Å². The smallest absolute Gasteiger partial charge is 0.252 e. The molecule has 1 rings (SSSR count). The van der Waals surface area contributed by atoms with E-state index in [1.807, 2.05) is 0 Å². The van der Waals surface area contributed by atoms with E-state index in [0.29, 0.717) is 13.1 Å². The van der Waals surface area contributed by atoms with Crippen LogP contribution in [-0.2, 0) is 16.6 Å². The van der Waals surface area contributed by atoms with Crippen LogP contribution in [0, 0.1) is 0 Å². The Balaban J connectivity index is 2.99. The predicted molar refractivity (Wildman–Crippen MR) is 63.7 cm³/mol. The number of hydrogen-bond donors (Lipinski definition) is 2. The van der Waals surface area contributed by atoms with Gasteiger partial charge in [0.1, 0.15) is 4.21 Å². The molecule has 1 aromatic rings. The summed E-state index contributed by atoms with van der Waals surface area (Å²) in [7, 11) is -3.47. The summed E-state index contributed by atoms with van der Waals surface area (Å²) in [6.45, 7) is 2.37. The van der Waals surface area contributed by atoms with Gasteiger partial charge in [-0.25, -0.2) is 8.42 Å². The lowest BCUT2D eigenvalue weighted by Crippen LogP contribution is -2.32. The Morgan fingerprint density at radius 2 is 2.19 bits per heavy atom. The van der Waals surface area contributed by atoms with Crippen LogP contribution in [0.4, 0.5) is 0 Å². The Hall–Kier alpha value is -0.470. The van der Waals surface area contributed by atoms with Gasteiger partial charge in [-0.2, -0.15) is 4.31 Å². The molecule has 1 heterocycles. The highest BCUT2D eigenvalue weighted by atomic mass is 32.2. The maximum Gasteiger partial charge on any atom is 0.252 e. The van der Waals surface area contributed by atoms with E-state index in [2.05, 4.69) is 0 Å². The molecule has 0 aliphatic rings. The van der Waals surface area contributed by atoms with Crippen LogP contribution in [0.2, 0.25) is 0 Å². The highest BCUT2D eigenvalue weighted by Crippen LogP contribution is 2.24. The molecule has 0 saturated carbocycles. The Morgan fingerprint density at radius 3 is 2.62 bits per heavy atom. The summed E-state index contributed by atoms with van der Waals surface area (Å²) in [6.07, 6.45) is 0. The van der Waals surface area contributed by atoms with Gasteiger partial charge >= 0.3 is 0 Å². The highest BCUT2D eigenvalue weighted by Gasteiger charge is 2.24. The summed E-state index contributed by atoms with van der Waals surface area (Å²) >= 11 is 1.17. The molecule has 0 aliphatic carbocycles. The van der Waals surface area contributed by atoms with E-state index >= 15 is 0 Å². The molecule has 0 bridgehead atoms. The van der Waals surface area contributed by atoms with Gasteiger partial charge in [0.15, 0.2) is 0 Å². The first-order chi connectivity index (χ1) is 7.56. The van der Waals surface area contributed by atoms with Gasteiger partial charge in [0.25, 0.3) is 10.0 Å². The topological polar surface area (TPSA) is 83.6 Å². The molecule has 5 nitrogen and oxygen atoms in total. The SMILES string of the molecule is CCN(CCO)S(=O)(=O)c1ccc(CN)s1. The summed E-state index contributed by atoms with van der Waals surface area (Å²) in [5.74, 6) is 0. The number of thiophene rings is 1. The zero-order valence-electron chi connectivity index (χ0n) is 9.09. The van der Waals surface area contributed by atoms with Crippen molar-refractivity contribution >= 4 is 21.4 Å². The van der Waals surface area contributed by atoms with Crippen molar-refractivity contribution in [3.05, 3.63) is 17.0 Å². The summed E-state index contributed by atoms with van der Waals surface area (Å²) < 4.78 is 25.7. The Bertz CT molecular complexity index is 428. The molecule has 0 atom stereocenters. The quantitative estimate of drug-likeness (QED) is 0.769. The molecule has 7 heteroatoms. The molecule has 0 aliphatic heterocycles. The third-order valence-electron chi connectivity index (χ3n) is 2.13. The van der Waals surface area contributed by atoms with Crippen LogP contribution in [0.25, 0.3) is 0 Å². The van der Waals surface area contributed by atoms with Crippen LogP contribution in [-0.4, -0.2) is 37.5 Å².